The molecule has 1 N–H and O–H groups in total. The quantitative estimate of drug-likeness (QED) is 0.750. The Morgan fingerprint density at radius 1 is 1.11 bits per heavy atom. The van der Waals surface area contributed by atoms with Crippen molar-refractivity contribution < 1.29 is 9.21 Å². The molecule has 7 nitrogen and oxygen atoms in total. The number of amides is 1. The van der Waals surface area contributed by atoms with Crippen LogP contribution in [0.4, 0.5) is 5.95 Å². The Kier molecular flexibility index (Phi) is 4.68. The van der Waals surface area contributed by atoms with Gasteiger partial charge in [-0.1, -0.05) is 23.7 Å². The molecule has 0 bridgehead atoms. The summed E-state index contributed by atoms with van der Waals surface area (Å²) in [6.45, 7) is 2.18. The summed E-state index contributed by atoms with van der Waals surface area (Å²) in [6, 6.07) is 12.0. The molecular formula is C19H17ClN4O3. The molecule has 2 aromatic heterocycles. The van der Waals surface area contributed by atoms with Crippen molar-refractivity contribution in [3.05, 3.63) is 69.9 Å². The summed E-state index contributed by atoms with van der Waals surface area (Å²) in [7, 11) is 0. The van der Waals surface area contributed by atoms with E-state index in [-0.39, 0.29) is 11.5 Å². The second-order valence-electron chi connectivity index (χ2n) is 6.22. The Hall–Kier alpha value is -3.06. The van der Waals surface area contributed by atoms with E-state index in [9.17, 15) is 9.59 Å². The van der Waals surface area contributed by atoms with Gasteiger partial charge in [-0.15, -0.1) is 0 Å². The zero-order chi connectivity index (χ0) is 18.8. The minimum absolute atomic E-state index is 0.129. The van der Waals surface area contributed by atoms with Crippen molar-refractivity contribution >= 4 is 23.5 Å². The first-order valence-electron chi connectivity index (χ1n) is 8.55. The van der Waals surface area contributed by atoms with Gasteiger partial charge >= 0.3 is 0 Å². The molecule has 0 atom stereocenters. The molecule has 0 spiro atoms. The maximum Gasteiger partial charge on any atom is 0.289 e. The summed E-state index contributed by atoms with van der Waals surface area (Å²) in [5, 5.41) is 0.626. The molecule has 8 heteroatoms. The normalized spacial score (nSPS) is 14.4. The van der Waals surface area contributed by atoms with E-state index in [1.165, 1.54) is 12.3 Å². The standard InChI is InChI=1S/C19H17ClN4O3/c20-14-5-3-13(4-6-14)15-12-17(25)22-19(21-15)24-9-7-23(8-10-24)18(26)16-2-1-11-27-16/h1-6,11-12H,7-10H2,(H,21,22,25). The fourth-order valence-electron chi connectivity index (χ4n) is 3.04. The van der Waals surface area contributed by atoms with Crippen molar-refractivity contribution in [1.29, 1.82) is 0 Å². The summed E-state index contributed by atoms with van der Waals surface area (Å²) in [6.07, 6.45) is 1.49. The van der Waals surface area contributed by atoms with E-state index >= 15 is 0 Å². The smallest absolute Gasteiger partial charge is 0.289 e. The van der Waals surface area contributed by atoms with Crippen LogP contribution in [0.3, 0.4) is 0 Å². The molecule has 3 heterocycles. The zero-order valence-electron chi connectivity index (χ0n) is 14.4. The van der Waals surface area contributed by atoms with Gasteiger partial charge in [0.05, 0.1) is 12.0 Å². The van der Waals surface area contributed by atoms with Crippen LogP contribution in [0.2, 0.25) is 5.02 Å². The van der Waals surface area contributed by atoms with Crippen molar-refractivity contribution in [2.24, 2.45) is 0 Å². The van der Waals surface area contributed by atoms with Crippen molar-refractivity contribution in [2.45, 2.75) is 0 Å². The topological polar surface area (TPSA) is 82.4 Å². The van der Waals surface area contributed by atoms with E-state index in [0.29, 0.717) is 48.6 Å². The highest BCUT2D eigenvalue weighted by Crippen LogP contribution is 2.21. The predicted octanol–water partition coefficient (Wildman–Crippen LogP) is 2.65. The number of carbonyl (C=O) groups is 1. The molecule has 1 aliphatic heterocycles. The Morgan fingerprint density at radius 2 is 1.85 bits per heavy atom. The summed E-state index contributed by atoms with van der Waals surface area (Å²) >= 11 is 5.92. The van der Waals surface area contributed by atoms with Crippen molar-refractivity contribution in [2.75, 3.05) is 31.1 Å². The number of rotatable bonds is 3. The highest BCUT2D eigenvalue weighted by Gasteiger charge is 2.25. The molecule has 1 saturated heterocycles. The van der Waals surface area contributed by atoms with Crippen LogP contribution in [-0.4, -0.2) is 47.0 Å². The van der Waals surface area contributed by atoms with E-state index in [0.717, 1.165) is 5.56 Å². The van der Waals surface area contributed by atoms with Gasteiger partial charge in [0.25, 0.3) is 11.5 Å². The first kappa shape index (κ1) is 17.4. The van der Waals surface area contributed by atoms with Crippen LogP contribution >= 0.6 is 11.6 Å². The number of piperazine rings is 1. The number of benzene rings is 1. The Morgan fingerprint density at radius 3 is 2.52 bits per heavy atom. The van der Waals surface area contributed by atoms with E-state index < -0.39 is 0 Å². The first-order valence-corrected chi connectivity index (χ1v) is 8.93. The number of aromatic nitrogens is 2. The van der Waals surface area contributed by atoms with Gasteiger partial charge in [0.1, 0.15) is 0 Å². The summed E-state index contributed by atoms with van der Waals surface area (Å²) in [4.78, 5) is 35.5. The highest BCUT2D eigenvalue weighted by molar-refractivity contribution is 6.30. The fraction of sp³-hybridized carbons (Fsp3) is 0.211. The van der Waals surface area contributed by atoms with Gasteiger partial charge in [0.2, 0.25) is 5.95 Å². The van der Waals surface area contributed by atoms with E-state index in [4.69, 9.17) is 16.0 Å². The van der Waals surface area contributed by atoms with Crippen LogP contribution in [0.5, 0.6) is 0 Å². The molecule has 1 aliphatic rings. The number of hydrogen-bond donors (Lipinski definition) is 1. The van der Waals surface area contributed by atoms with E-state index in [1.807, 2.05) is 17.0 Å². The molecular weight excluding hydrogens is 368 g/mol. The van der Waals surface area contributed by atoms with Gasteiger partial charge in [-0.25, -0.2) is 4.98 Å². The SMILES string of the molecule is O=C(c1ccco1)N1CCN(c2nc(-c3ccc(Cl)cc3)cc(=O)[nH]2)CC1. The number of furan rings is 1. The second kappa shape index (κ2) is 7.28. The lowest BCUT2D eigenvalue weighted by molar-refractivity contribution is 0.0714. The van der Waals surface area contributed by atoms with Crippen LogP contribution in [0.15, 0.2) is 57.9 Å². The van der Waals surface area contributed by atoms with Crippen molar-refractivity contribution in [1.82, 2.24) is 14.9 Å². The van der Waals surface area contributed by atoms with Crippen molar-refractivity contribution in [3.8, 4) is 11.3 Å². The minimum Gasteiger partial charge on any atom is -0.459 e. The minimum atomic E-state index is -0.223. The Balaban J connectivity index is 1.50. The molecule has 3 aromatic rings. The lowest BCUT2D eigenvalue weighted by Gasteiger charge is -2.34. The average Bonchev–Trinajstić information content (AvgIpc) is 3.22. The number of aromatic amines is 1. The number of anilines is 1. The third kappa shape index (κ3) is 3.73. The lowest BCUT2D eigenvalue weighted by Crippen LogP contribution is -2.49. The molecule has 1 aromatic carbocycles. The molecule has 1 amide bonds. The van der Waals surface area contributed by atoms with Crippen molar-refractivity contribution in [3.63, 3.8) is 0 Å². The number of nitrogens with one attached hydrogen (secondary N) is 1. The Bertz CT molecular complexity index is 991. The third-order valence-electron chi connectivity index (χ3n) is 4.47. The number of halogens is 1. The highest BCUT2D eigenvalue weighted by atomic mass is 35.5. The molecule has 138 valence electrons. The molecule has 0 unspecified atom stereocenters. The monoisotopic (exact) mass is 384 g/mol. The summed E-state index contributed by atoms with van der Waals surface area (Å²) in [5.74, 6) is 0.702. The second-order valence-corrected chi connectivity index (χ2v) is 6.65. The Labute approximate surface area is 160 Å². The number of H-pyrrole nitrogens is 1. The molecule has 4 rings (SSSR count). The average molecular weight is 385 g/mol. The molecule has 27 heavy (non-hydrogen) atoms. The summed E-state index contributed by atoms with van der Waals surface area (Å²) < 4.78 is 5.17. The van der Waals surface area contributed by atoms with Crippen LogP contribution in [0, 0.1) is 0 Å². The zero-order valence-corrected chi connectivity index (χ0v) is 15.1. The molecule has 1 fully saturated rings. The van der Waals surface area contributed by atoms with Gasteiger partial charge in [0, 0.05) is 42.8 Å². The third-order valence-corrected chi connectivity index (χ3v) is 4.72. The van der Waals surface area contributed by atoms with Crippen LogP contribution in [0.1, 0.15) is 10.6 Å². The van der Waals surface area contributed by atoms with Gasteiger partial charge in [-0.2, -0.15) is 0 Å². The largest absolute Gasteiger partial charge is 0.459 e. The fourth-order valence-corrected chi connectivity index (χ4v) is 3.17. The molecule has 0 saturated carbocycles. The van der Waals surface area contributed by atoms with Crippen LogP contribution in [-0.2, 0) is 0 Å². The maximum absolute atomic E-state index is 12.4. The first-order chi connectivity index (χ1) is 13.1. The van der Waals surface area contributed by atoms with Gasteiger partial charge in [-0.05, 0) is 24.3 Å². The lowest BCUT2D eigenvalue weighted by atomic mass is 10.1. The predicted molar refractivity (Wildman–Crippen MR) is 102 cm³/mol. The number of hydrogen-bond acceptors (Lipinski definition) is 5. The summed E-state index contributed by atoms with van der Waals surface area (Å²) in [5.41, 5.74) is 1.18. The van der Waals surface area contributed by atoms with Gasteiger partial charge in [0.15, 0.2) is 5.76 Å². The van der Waals surface area contributed by atoms with Crippen LogP contribution < -0.4 is 10.5 Å². The van der Waals surface area contributed by atoms with E-state index in [2.05, 4.69) is 9.97 Å². The van der Waals surface area contributed by atoms with E-state index in [1.54, 1.807) is 29.2 Å². The van der Waals surface area contributed by atoms with Crippen LogP contribution in [0.25, 0.3) is 11.3 Å². The van der Waals surface area contributed by atoms with Gasteiger partial charge < -0.3 is 14.2 Å². The van der Waals surface area contributed by atoms with Gasteiger partial charge in [-0.3, -0.25) is 14.6 Å². The maximum atomic E-state index is 12.4. The molecule has 0 radical (unpaired) electrons. The number of nitrogens with zero attached hydrogens (tertiary/aromatic N) is 3. The number of carbonyl (C=O) groups excluding carboxylic acids is 1. The molecule has 0 aliphatic carbocycles.